The molecule has 0 saturated heterocycles. The number of halogens is 1. The maximum atomic E-state index is 13.9. The first-order chi connectivity index (χ1) is 12.2. The topological polar surface area (TPSA) is 80.6 Å². The molecule has 7 heteroatoms. The molecule has 1 unspecified atom stereocenters. The Morgan fingerprint density at radius 1 is 1.23 bits per heavy atom. The van der Waals surface area contributed by atoms with Crippen molar-refractivity contribution in [2.24, 2.45) is 0 Å². The van der Waals surface area contributed by atoms with E-state index in [1.807, 2.05) is 32.3 Å². The molecule has 1 aromatic carbocycles. The maximum absolute atomic E-state index is 13.9. The average Bonchev–Trinajstić information content (AvgIpc) is 2.86. The highest BCUT2D eigenvalue weighted by Crippen LogP contribution is 2.24. The summed E-state index contributed by atoms with van der Waals surface area (Å²) >= 11 is 0. The van der Waals surface area contributed by atoms with E-state index in [0.29, 0.717) is 5.56 Å². The van der Waals surface area contributed by atoms with E-state index < -0.39 is 23.7 Å². The summed E-state index contributed by atoms with van der Waals surface area (Å²) in [5.74, 6) is -2.48. The Morgan fingerprint density at radius 2 is 1.88 bits per heavy atom. The number of rotatable bonds is 6. The van der Waals surface area contributed by atoms with Gasteiger partial charge in [0.25, 0.3) is 5.91 Å². The summed E-state index contributed by atoms with van der Waals surface area (Å²) in [7, 11) is 1.32. The second kappa shape index (κ2) is 7.59. The standard InChI is InChI=1S/C19H23FN2O4/c1-10(2)22-11(3)8-14(12(22)4)18(23)21-17(19(24)25)13-6-7-16(26-5)15(20)9-13/h6-10,17H,1-5H3,(H,21,23)(H,24,25). The fourth-order valence-electron chi connectivity index (χ4n) is 3.16. The van der Waals surface area contributed by atoms with Gasteiger partial charge in [-0.25, -0.2) is 9.18 Å². The lowest BCUT2D eigenvalue weighted by Crippen LogP contribution is -2.34. The summed E-state index contributed by atoms with van der Waals surface area (Å²) in [5, 5.41) is 12.0. The number of amides is 1. The largest absolute Gasteiger partial charge is 0.494 e. The molecule has 2 rings (SSSR count). The van der Waals surface area contributed by atoms with Gasteiger partial charge in [-0.05, 0) is 51.5 Å². The van der Waals surface area contributed by atoms with Gasteiger partial charge in [0.05, 0.1) is 12.7 Å². The van der Waals surface area contributed by atoms with Crippen molar-refractivity contribution in [3.05, 3.63) is 52.6 Å². The molecule has 0 bridgehead atoms. The molecule has 1 aromatic heterocycles. The highest BCUT2D eigenvalue weighted by Gasteiger charge is 2.26. The Balaban J connectivity index is 2.34. The van der Waals surface area contributed by atoms with E-state index in [9.17, 15) is 19.1 Å². The van der Waals surface area contributed by atoms with E-state index in [0.717, 1.165) is 17.5 Å². The van der Waals surface area contributed by atoms with Gasteiger partial charge in [0.1, 0.15) is 0 Å². The second-order valence-electron chi connectivity index (χ2n) is 6.39. The third-order valence-corrected chi connectivity index (χ3v) is 4.28. The fraction of sp³-hybridized carbons (Fsp3) is 0.368. The van der Waals surface area contributed by atoms with E-state index >= 15 is 0 Å². The molecule has 0 spiro atoms. The van der Waals surface area contributed by atoms with E-state index in [1.54, 1.807) is 6.07 Å². The molecule has 26 heavy (non-hydrogen) atoms. The van der Waals surface area contributed by atoms with Gasteiger partial charge in [-0.1, -0.05) is 6.07 Å². The van der Waals surface area contributed by atoms with Gasteiger partial charge < -0.3 is 19.7 Å². The molecule has 140 valence electrons. The van der Waals surface area contributed by atoms with Gasteiger partial charge in [0, 0.05) is 17.4 Å². The number of benzene rings is 1. The SMILES string of the molecule is COc1ccc(C(NC(=O)c2cc(C)n(C(C)C)c2C)C(=O)O)cc1F. The number of carboxylic acid groups (broad SMARTS) is 1. The van der Waals surface area contributed by atoms with Gasteiger partial charge in [-0.3, -0.25) is 4.79 Å². The van der Waals surface area contributed by atoms with Crippen LogP contribution in [0.1, 0.15) is 53.2 Å². The molecule has 2 N–H and O–H groups in total. The third-order valence-electron chi connectivity index (χ3n) is 4.28. The number of nitrogens with one attached hydrogen (secondary N) is 1. The minimum absolute atomic E-state index is 0.00435. The van der Waals surface area contributed by atoms with Crippen LogP contribution in [0.5, 0.6) is 5.75 Å². The summed E-state index contributed by atoms with van der Waals surface area (Å²) in [6.07, 6.45) is 0. The van der Waals surface area contributed by atoms with Gasteiger partial charge in [-0.2, -0.15) is 0 Å². The Labute approximate surface area is 151 Å². The zero-order chi connectivity index (χ0) is 19.6. The van der Waals surface area contributed by atoms with Crippen LogP contribution in [-0.2, 0) is 4.79 Å². The molecule has 0 radical (unpaired) electrons. The predicted octanol–water partition coefficient (Wildman–Crippen LogP) is 3.39. The number of aromatic nitrogens is 1. The number of nitrogens with zero attached hydrogens (tertiary/aromatic N) is 1. The van der Waals surface area contributed by atoms with Crippen LogP contribution in [-0.4, -0.2) is 28.7 Å². The minimum atomic E-state index is -1.37. The van der Waals surface area contributed by atoms with Crippen LogP contribution in [0.15, 0.2) is 24.3 Å². The van der Waals surface area contributed by atoms with Gasteiger partial charge in [0.2, 0.25) is 0 Å². The van der Waals surface area contributed by atoms with Crippen LogP contribution >= 0.6 is 0 Å². The van der Waals surface area contributed by atoms with Crippen molar-refractivity contribution in [1.29, 1.82) is 0 Å². The molecule has 6 nitrogen and oxygen atoms in total. The van der Waals surface area contributed by atoms with Gasteiger partial charge >= 0.3 is 5.97 Å². The molecule has 0 aliphatic rings. The van der Waals surface area contributed by atoms with Crippen molar-refractivity contribution in [3.63, 3.8) is 0 Å². The van der Waals surface area contributed by atoms with E-state index in [4.69, 9.17) is 4.74 Å². The molecule has 0 aliphatic heterocycles. The number of carboxylic acids is 1. The van der Waals surface area contributed by atoms with Crippen molar-refractivity contribution < 1.29 is 23.8 Å². The second-order valence-corrected chi connectivity index (χ2v) is 6.39. The van der Waals surface area contributed by atoms with Crippen molar-refractivity contribution in [1.82, 2.24) is 9.88 Å². The number of aryl methyl sites for hydroxylation is 1. The molecular formula is C19H23FN2O4. The molecule has 2 aromatic rings. The van der Waals surface area contributed by atoms with E-state index in [2.05, 4.69) is 5.32 Å². The van der Waals surface area contributed by atoms with Crippen LogP contribution < -0.4 is 10.1 Å². The smallest absolute Gasteiger partial charge is 0.330 e. The summed E-state index contributed by atoms with van der Waals surface area (Å²) < 4.78 is 20.7. The van der Waals surface area contributed by atoms with Crippen LogP contribution in [0.25, 0.3) is 0 Å². The zero-order valence-electron chi connectivity index (χ0n) is 15.5. The molecular weight excluding hydrogens is 339 g/mol. The first-order valence-electron chi connectivity index (χ1n) is 8.22. The number of carbonyl (C=O) groups excluding carboxylic acids is 1. The predicted molar refractivity (Wildman–Crippen MR) is 95.1 cm³/mol. The molecule has 1 heterocycles. The maximum Gasteiger partial charge on any atom is 0.330 e. The first-order valence-corrected chi connectivity index (χ1v) is 8.22. The highest BCUT2D eigenvalue weighted by atomic mass is 19.1. The Morgan fingerprint density at radius 3 is 2.35 bits per heavy atom. The van der Waals surface area contributed by atoms with Crippen LogP contribution in [0, 0.1) is 19.7 Å². The van der Waals surface area contributed by atoms with Crippen LogP contribution in [0.3, 0.4) is 0 Å². The van der Waals surface area contributed by atoms with Gasteiger partial charge in [0.15, 0.2) is 17.6 Å². The Bertz CT molecular complexity index is 842. The number of hydrogen-bond donors (Lipinski definition) is 2. The number of hydrogen-bond acceptors (Lipinski definition) is 3. The summed E-state index contributed by atoms with van der Waals surface area (Å²) in [4.78, 5) is 24.3. The summed E-state index contributed by atoms with van der Waals surface area (Å²) in [5.41, 5.74) is 2.18. The third kappa shape index (κ3) is 3.71. The molecule has 1 amide bonds. The lowest BCUT2D eigenvalue weighted by Gasteiger charge is -2.17. The van der Waals surface area contributed by atoms with E-state index in [1.165, 1.54) is 19.2 Å². The van der Waals surface area contributed by atoms with E-state index in [-0.39, 0.29) is 17.4 Å². The first kappa shape index (κ1) is 19.5. The fourth-order valence-corrected chi connectivity index (χ4v) is 3.16. The minimum Gasteiger partial charge on any atom is -0.494 e. The molecule has 0 saturated carbocycles. The summed E-state index contributed by atoms with van der Waals surface area (Å²) in [6.45, 7) is 7.70. The Hall–Kier alpha value is -2.83. The molecule has 0 fully saturated rings. The zero-order valence-corrected chi connectivity index (χ0v) is 15.5. The number of carbonyl (C=O) groups is 2. The van der Waals surface area contributed by atoms with Crippen molar-refractivity contribution in [3.8, 4) is 5.75 Å². The number of methoxy groups -OCH3 is 1. The average molecular weight is 362 g/mol. The van der Waals surface area contributed by atoms with Crippen molar-refractivity contribution in [2.45, 2.75) is 39.8 Å². The van der Waals surface area contributed by atoms with Gasteiger partial charge in [-0.15, -0.1) is 0 Å². The quantitative estimate of drug-likeness (QED) is 0.825. The summed E-state index contributed by atoms with van der Waals surface area (Å²) in [6, 6.07) is 4.32. The molecule has 0 aliphatic carbocycles. The number of ether oxygens (including phenoxy) is 1. The van der Waals surface area contributed by atoms with Crippen molar-refractivity contribution in [2.75, 3.05) is 7.11 Å². The van der Waals surface area contributed by atoms with Crippen LogP contribution in [0.2, 0.25) is 0 Å². The lowest BCUT2D eigenvalue weighted by atomic mass is 10.1. The molecule has 1 atom stereocenters. The highest BCUT2D eigenvalue weighted by molar-refractivity contribution is 5.98. The normalized spacial score (nSPS) is 12.1. The lowest BCUT2D eigenvalue weighted by molar-refractivity contribution is -0.139. The Kier molecular flexibility index (Phi) is 5.69. The monoisotopic (exact) mass is 362 g/mol. The van der Waals surface area contributed by atoms with Crippen molar-refractivity contribution >= 4 is 11.9 Å². The number of aliphatic carboxylic acids is 1. The van der Waals surface area contributed by atoms with Crippen LogP contribution in [0.4, 0.5) is 4.39 Å².